The molecule has 0 aromatic heterocycles. The van der Waals surface area contributed by atoms with Crippen molar-refractivity contribution in [2.75, 3.05) is 5.32 Å². The normalized spacial score (nSPS) is 15.0. The molecule has 0 radical (unpaired) electrons. The molecule has 0 fully saturated rings. The number of rotatable bonds is 2. The lowest BCUT2D eigenvalue weighted by atomic mass is 10.0. The van der Waals surface area contributed by atoms with Crippen LogP contribution in [0.3, 0.4) is 0 Å². The Hall–Kier alpha value is -2.10. The summed E-state index contributed by atoms with van der Waals surface area (Å²) in [6.45, 7) is 0. The molecule has 1 amide bonds. The van der Waals surface area contributed by atoms with Crippen molar-refractivity contribution in [3.63, 3.8) is 0 Å². The molecule has 104 valence electrons. The minimum absolute atomic E-state index is 0.264. The molecule has 3 nitrogen and oxygen atoms in total. The van der Waals surface area contributed by atoms with Crippen molar-refractivity contribution >= 4 is 46.2 Å². The molecule has 1 heterocycles. The average molecular weight is 318 g/mol. The Kier molecular flexibility index (Phi) is 3.53. The third-order valence-corrected chi connectivity index (χ3v) is 3.71. The van der Waals surface area contributed by atoms with E-state index in [1.165, 1.54) is 6.08 Å². The summed E-state index contributed by atoms with van der Waals surface area (Å²) in [6.07, 6.45) is 1.29. The first kappa shape index (κ1) is 13.9. The maximum atomic E-state index is 12.3. The van der Waals surface area contributed by atoms with Crippen molar-refractivity contribution in [1.82, 2.24) is 0 Å². The Bertz CT molecular complexity index is 797. The van der Waals surface area contributed by atoms with Crippen molar-refractivity contribution in [2.45, 2.75) is 0 Å². The van der Waals surface area contributed by atoms with Gasteiger partial charge in [0.2, 0.25) is 0 Å². The zero-order valence-electron chi connectivity index (χ0n) is 10.7. The van der Waals surface area contributed by atoms with Crippen molar-refractivity contribution in [3.05, 3.63) is 69.7 Å². The second-order valence-electron chi connectivity index (χ2n) is 4.55. The molecular weight excluding hydrogens is 309 g/mol. The van der Waals surface area contributed by atoms with Gasteiger partial charge in [-0.3, -0.25) is 9.59 Å². The van der Waals surface area contributed by atoms with Crippen molar-refractivity contribution in [1.29, 1.82) is 0 Å². The number of carbonyl (C=O) groups excluding carboxylic acids is 2. The fourth-order valence-corrected chi connectivity index (χ4v) is 2.67. The highest BCUT2D eigenvalue weighted by atomic mass is 35.5. The van der Waals surface area contributed by atoms with Crippen LogP contribution >= 0.6 is 23.2 Å². The van der Waals surface area contributed by atoms with Crippen LogP contribution < -0.4 is 5.32 Å². The molecule has 1 aliphatic heterocycles. The molecule has 3 rings (SSSR count). The van der Waals surface area contributed by atoms with Gasteiger partial charge < -0.3 is 5.32 Å². The Labute approximate surface area is 131 Å². The van der Waals surface area contributed by atoms with Gasteiger partial charge >= 0.3 is 0 Å². The van der Waals surface area contributed by atoms with Crippen LogP contribution in [-0.2, 0) is 4.79 Å². The number of carbonyl (C=O) groups is 2. The molecule has 0 spiro atoms. The number of nitrogens with one attached hydrogen (secondary N) is 1. The number of allylic oxidation sites excluding steroid dienone is 1. The number of benzene rings is 2. The number of fused-ring (bicyclic) bond motifs is 1. The van der Waals surface area contributed by atoms with Crippen molar-refractivity contribution in [2.24, 2.45) is 0 Å². The van der Waals surface area contributed by atoms with Crippen LogP contribution in [0.1, 0.15) is 15.9 Å². The van der Waals surface area contributed by atoms with Gasteiger partial charge in [-0.25, -0.2) is 0 Å². The largest absolute Gasteiger partial charge is 0.321 e. The second kappa shape index (κ2) is 5.35. The van der Waals surface area contributed by atoms with Gasteiger partial charge in [0.1, 0.15) is 0 Å². The van der Waals surface area contributed by atoms with E-state index in [2.05, 4.69) is 5.32 Å². The smallest absolute Gasteiger partial charge is 0.256 e. The quantitative estimate of drug-likeness (QED) is 0.666. The molecule has 21 heavy (non-hydrogen) atoms. The van der Waals surface area contributed by atoms with Gasteiger partial charge in [-0.15, -0.1) is 0 Å². The van der Waals surface area contributed by atoms with E-state index in [1.807, 2.05) is 0 Å². The zero-order valence-corrected chi connectivity index (χ0v) is 12.2. The van der Waals surface area contributed by atoms with E-state index in [-0.39, 0.29) is 17.3 Å². The fourth-order valence-electron chi connectivity index (χ4n) is 2.20. The summed E-state index contributed by atoms with van der Waals surface area (Å²) in [5.74, 6) is -0.635. The number of amides is 1. The van der Waals surface area contributed by atoms with E-state index in [4.69, 9.17) is 23.2 Å². The van der Waals surface area contributed by atoms with Crippen molar-refractivity contribution in [3.8, 4) is 0 Å². The van der Waals surface area contributed by atoms with Gasteiger partial charge in [-0.05, 0) is 30.3 Å². The predicted octanol–water partition coefficient (Wildman–Crippen LogP) is 4.21. The molecule has 0 saturated carbocycles. The minimum atomic E-state index is -0.339. The third kappa shape index (κ3) is 2.58. The number of anilines is 1. The molecular formula is C16H9Cl2NO2. The Morgan fingerprint density at radius 2 is 1.86 bits per heavy atom. The van der Waals surface area contributed by atoms with Crippen LogP contribution in [-0.4, -0.2) is 11.7 Å². The molecule has 0 atom stereocenters. The molecule has 0 bridgehead atoms. The Morgan fingerprint density at radius 1 is 1.10 bits per heavy atom. The summed E-state index contributed by atoms with van der Waals surface area (Å²) in [5, 5.41) is 3.58. The zero-order chi connectivity index (χ0) is 15.0. The van der Waals surface area contributed by atoms with E-state index in [9.17, 15) is 9.59 Å². The topological polar surface area (TPSA) is 46.2 Å². The molecule has 0 saturated heterocycles. The average Bonchev–Trinajstić information content (AvgIpc) is 2.76. The second-order valence-corrected chi connectivity index (χ2v) is 5.39. The summed E-state index contributed by atoms with van der Waals surface area (Å²) in [7, 11) is 0. The highest BCUT2D eigenvalue weighted by Gasteiger charge is 2.27. The lowest BCUT2D eigenvalue weighted by Crippen LogP contribution is -2.06. The van der Waals surface area contributed by atoms with Crippen LogP contribution in [0.5, 0.6) is 0 Å². The molecule has 1 aliphatic rings. The van der Waals surface area contributed by atoms with Gasteiger partial charge in [-0.1, -0.05) is 41.4 Å². The summed E-state index contributed by atoms with van der Waals surface area (Å²) in [4.78, 5) is 24.3. The van der Waals surface area contributed by atoms with Crippen molar-refractivity contribution < 1.29 is 9.59 Å². The molecule has 0 aliphatic carbocycles. The van der Waals surface area contributed by atoms with Gasteiger partial charge in [0.05, 0.1) is 16.3 Å². The number of hydrogen-bond donors (Lipinski definition) is 1. The summed E-state index contributed by atoms with van der Waals surface area (Å²) >= 11 is 12.0. The highest BCUT2D eigenvalue weighted by molar-refractivity contribution is 6.41. The van der Waals surface area contributed by atoms with Gasteiger partial charge in [0.15, 0.2) is 5.78 Å². The third-order valence-electron chi connectivity index (χ3n) is 3.16. The number of hydrogen-bond acceptors (Lipinski definition) is 2. The lowest BCUT2D eigenvalue weighted by molar-refractivity contribution is -0.110. The first-order valence-corrected chi connectivity index (χ1v) is 6.93. The molecule has 1 N–H and O–H groups in total. The molecule has 2 aromatic rings. The van der Waals surface area contributed by atoms with Crippen LogP contribution in [0.2, 0.25) is 10.0 Å². The van der Waals surface area contributed by atoms with E-state index < -0.39 is 0 Å². The fraction of sp³-hybridized carbons (Fsp3) is 0. The van der Waals surface area contributed by atoms with E-state index in [0.717, 1.165) is 0 Å². The monoisotopic (exact) mass is 317 g/mol. The molecule has 5 heteroatoms. The highest BCUT2D eigenvalue weighted by Crippen LogP contribution is 2.37. The number of ketones is 1. The van der Waals surface area contributed by atoms with Gasteiger partial charge in [0, 0.05) is 16.1 Å². The standard InChI is InChI=1S/C16H9Cl2NO2/c17-10-4-1-3-9(7-10)14(20)8-11-15-12(18)5-2-6-13(15)19-16(11)21/h1-8H,(H,19,21)/b11-8+. The predicted molar refractivity (Wildman–Crippen MR) is 83.8 cm³/mol. The van der Waals surface area contributed by atoms with E-state index in [1.54, 1.807) is 42.5 Å². The Morgan fingerprint density at radius 3 is 2.62 bits per heavy atom. The first-order chi connectivity index (χ1) is 10.1. The van der Waals surface area contributed by atoms with E-state index in [0.29, 0.717) is 26.9 Å². The van der Waals surface area contributed by atoms with E-state index >= 15 is 0 Å². The lowest BCUT2D eigenvalue weighted by Gasteiger charge is -2.01. The molecule has 2 aromatic carbocycles. The maximum Gasteiger partial charge on any atom is 0.256 e. The minimum Gasteiger partial charge on any atom is -0.321 e. The Balaban J connectivity index is 2.05. The SMILES string of the molecule is O=C1Nc2cccc(Cl)c2/C1=C\C(=O)c1cccc(Cl)c1. The summed E-state index contributed by atoms with van der Waals surface area (Å²) < 4.78 is 0. The first-order valence-electron chi connectivity index (χ1n) is 6.18. The summed E-state index contributed by atoms with van der Waals surface area (Å²) in [5.41, 5.74) is 1.85. The van der Waals surface area contributed by atoms with Crippen LogP contribution in [0, 0.1) is 0 Å². The summed E-state index contributed by atoms with van der Waals surface area (Å²) in [6, 6.07) is 11.7. The maximum absolute atomic E-state index is 12.3. The number of halogens is 2. The van der Waals surface area contributed by atoms with Crippen LogP contribution in [0.4, 0.5) is 5.69 Å². The molecule has 0 unspecified atom stereocenters. The van der Waals surface area contributed by atoms with Crippen LogP contribution in [0.25, 0.3) is 5.57 Å². The van der Waals surface area contributed by atoms with Gasteiger partial charge in [-0.2, -0.15) is 0 Å². The van der Waals surface area contributed by atoms with Crippen LogP contribution in [0.15, 0.2) is 48.5 Å². The van der Waals surface area contributed by atoms with Gasteiger partial charge in [0.25, 0.3) is 5.91 Å².